The molecule has 0 saturated carbocycles. The van der Waals surface area contributed by atoms with Crippen molar-refractivity contribution in [2.45, 2.75) is 20.3 Å². The van der Waals surface area contributed by atoms with Crippen LogP contribution in [-0.2, 0) is 19.1 Å². The number of carbonyl (C=O) groups excluding carboxylic acids is 2. The van der Waals surface area contributed by atoms with Gasteiger partial charge in [-0.3, -0.25) is 0 Å². The molecule has 0 bridgehead atoms. The number of hydrogen-bond donors (Lipinski definition) is 1. The SMILES string of the molecule is CCOC(=O)C1(CSc2nc3ccccc3[se]2)OC(=O)C(O)=C1Sc1nc2ccccc2[se]1. The van der Waals surface area contributed by atoms with Crippen LogP contribution in [0.15, 0.2) is 67.0 Å². The van der Waals surface area contributed by atoms with Crippen molar-refractivity contribution < 1.29 is 24.2 Å². The Balaban J connectivity index is 1.50. The molecular weight excluding hydrogens is 594 g/mol. The molecule has 1 unspecified atom stereocenters. The van der Waals surface area contributed by atoms with E-state index in [1.165, 1.54) is 11.8 Å². The molecule has 2 aromatic heterocycles. The Labute approximate surface area is 209 Å². The summed E-state index contributed by atoms with van der Waals surface area (Å²) < 4.78 is 14.7. The first kappa shape index (κ1) is 22.8. The number of carbonyl (C=O) groups is 2. The number of rotatable bonds is 7. The summed E-state index contributed by atoms with van der Waals surface area (Å²) in [6.45, 7) is 1.81. The Bertz CT molecular complexity index is 1350. The first-order valence-corrected chi connectivity index (χ1v) is 15.1. The van der Waals surface area contributed by atoms with E-state index in [9.17, 15) is 14.7 Å². The molecule has 0 aliphatic carbocycles. The Morgan fingerprint density at radius 2 is 1.67 bits per heavy atom. The summed E-state index contributed by atoms with van der Waals surface area (Å²) in [4.78, 5) is 35.0. The molecule has 5 rings (SSSR count). The molecule has 33 heavy (non-hydrogen) atoms. The third-order valence-corrected chi connectivity index (χ3v) is 12.3. The van der Waals surface area contributed by atoms with Crippen LogP contribution in [0.2, 0.25) is 0 Å². The molecule has 0 saturated heterocycles. The van der Waals surface area contributed by atoms with E-state index in [-0.39, 0.29) is 46.3 Å². The summed E-state index contributed by atoms with van der Waals surface area (Å²) in [5, 5.41) is 10.6. The predicted octanol–water partition coefficient (Wildman–Crippen LogP) is 3.41. The molecule has 0 amide bonds. The van der Waals surface area contributed by atoms with E-state index < -0.39 is 23.3 Å². The van der Waals surface area contributed by atoms with Crippen molar-refractivity contribution in [2.75, 3.05) is 12.4 Å². The minimum absolute atomic E-state index is 0.000912. The van der Waals surface area contributed by atoms with Gasteiger partial charge in [-0.1, -0.05) is 0 Å². The molecule has 7 nitrogen and oxygen atoms in total. The van der Waals surface area contributed by atoms with Crippen molar-refractivity contribution in [1.29, 1.82) is 0 Å². The number of aliphatic hydroxyl groups excluding tert-OH is 1. The number of aliphatic hydroxyl groups is 1. The zero-order valence-electron chi connectivity index (χ0n) is 17.1. The van der Waals surface area contributed by atoms with Gasteiger partial charge >= 0.3 is 210 Å². The number of aromatic nitrogens is 2. The maximum absolute atomic E-state index is 13.1. The average molecular weight is 610 g/mol. The van der Waals surface area contributed by atoms with Crippen LogP contribution in [0.5, 0.6) is 0 Å². The second-order valence-corrected chi connectivity index (χ2v) is 14.4. The molecule has 0 fully saturated rings. The summed E-state index contributed by atoms with van der Waals surface area (Å²) in [6.07, 6.45) is 0. The second-order valence-electron chi connectivity index (χ2n) is 6.90. The van der Waals surface area contributed by atoms with E-state index in [1.807, 2.05) is 48.5 Å². The summed E-state index contributed by atoms with van der Waals surface area (Å²) >= 11 is 2.37. The van der Waals surface area contributed by atoms with Crippen LogP contribution >= 0.6 is 23.5 Å². The summed E-state index contributed by atoms with van der Waals surface area (Å²) in [5.41, 5.74) is 0.0392. The molecule has 1 atom stereocenters. The predicted molar refractivity (Wildman–Crippen MR) is 129 cm³/mol. The number of nitrogens with zero attached hydrogens (tertiary/aromatic N) is 2. The Hall–Kier alpha value is -2.00. The van der Waals surface area contributed by atoms with Gasteiger partial charge in [0, 0.05) is 0 Å². The first-order chi connectivity index (χ1) is 16.0. The van der Waals surface area contributed by atoms with Crippen molar-refractivity contribution >= 4 is 84.0 Å². The molecule has 1 N–H and O–H groups in total. The topological polar surface area (TPSA) is 98.6 Å². The number of ether oxygens (including phenoxy) is 2. The third-order valence-electron chi connectivity index (χ3n) is 4.78. The molecule has 0 spiro atoms. The first-order valence-electron chi connectivity index (χ1n) is 9.86. The van der Waals surface area contributed by atoms with E-state index in [0.717, 1.165) is 39.1 Å². The quantitative estimate of drug-likeness (QED) is 0.192. The summed E-state index contributed by atoms with van der Waals surface area (Å²) in [7, 11) is 0. The van der Waals surface area contributed by atoms with Gasteiger partial charge in [0.25, 0.3) is 0 Å². The molecule has 4 aromatic rings. The second kappa shape index (κ2) is 9.33. The van der Waals surface area contributed by atoms with Crippen molar-refractivity contribution in [3.8, 4) is 0 Å². The molecule has 0 radical (unpaired) electrons. The molecule has 168 valence electrons. The van der Waals surface area contributed by atoms with Crippen LogP contribution in [0.3, 0.4) is 0 Å². The van der Waals surface area contributed by atoms with E-state index in [1.54, 1.807) is 6.92 Å². The monoisotopic (exact) mass is 612 g/mol. The number of benzene rings is 2. The average Bonchev–Trinajstić information content (AvgIpc) is 3.48. The normalized spacial score (nSPS) is 18.3. The van der Waals surface area contributed by atoms with Crippen molar-refractivity contribution in [3.63, 3.8) is 0 Å². The molecule has 1 aliphatic rings. The third kappa shape index (κ3) is 4.29. The number of fused-ring (bicyclic) bond motifs is 2. The van der Waals surface area contributed by atoms with Gasteiger partial charge < -0.3 is 0 Å². The van der Waals surface area contributed by atoms with Gasteiger partial charge in [0.05, 0.1) is 0 Å². The van der Waals surface area contributed by atoms with Crippen LogP contribution in [0.1, 0.15) is 6.92 Å². The van der Waals surface area contributed by atoms with Crippen LogP contribution < -0.4 is 0 Å². The minimum atomic E-state index is -1.74. The van der Waals surface area contributed by atoms with Gasteiger partial charge in [0.1, 0.15) is 0 Å². The zero-order chi connectivity index (χ0) is 23.0. The fourth-order valence-corrected chi connectivity index (χ4v) is 10.5. The summed E-state index contributed by atoms with van der Waals surface area (Å²) in [5.74, 6) is -2.14. The zero-order valence-corrected chi connectivity index (χ0v) is 22.2. The van der Waals surface area contributed by atoms with Gasteiger partial charge in [0.15, 0.2) is 0 Å². The number of hydrogen-bond acceptors (Lipinski definition) is 9. The van der Waals surface area contributed by atoms with Gasteiger partial charge in [-0.25, -0.2) is 0 Å². The molecule has 11 heteroatoms. The van der Waals surface area contributed by atoms with E-state index >= 15 is 0 Å². The van der Waals surface area contributed by atoms with Crippen LogP contribution in [0.4, 0.5) is 0 Å². The Kier molecular flexibility index (Phi) is 6.44. The number of cyclic esters (lactones) is 1. The fraction of sp³-hybridized carbons (Fsp3) is 0.182. The maximum atomic E-state index is 13.1. The number of para-hydroxylation sites is 2. The Morgan fingerprint density at radius 1 is 1.06 bits per heavy atom. The summed E-state index contributed by atoms with van der Waals surface area (Å²) in [6, 6.07) is 15.7. The number of esters is 2. The standard InChI is InChI=1S/C22H16N2O5S2Se2/c1-2-28-19(27)22(11-30-20-23-12-7-3-5-9-14(12)32-20)17(16(25)18(26)29-22)31-21-24-13-8-4-6-10-15(13)33-21/h3-10,25H,2,11H2,1H3. The van der Waals surface area contributed by atoms with Crippen molar-refractivity contribution in [3.05, 3.63) is 59.2 Å². The van der Waals surface area contributed by atoms with Crippen molar-refractivity contribution in [2.24, 2.45) is 0 Å². The van der Waals surface area contributed by atoms with Gasteiger partial charge in [-0.15, -0.1) is 0 Å². The van der Waals surface area contributed by atoms with Crippen LogP contribution in [0, 0.1) is 0 Å². The Morgan fingerprint density at radius 3 is 2.30 bits per heavy atom. The van der Waals surface area contributed by atoms with Crippen LogP contribution in [0.25, 0.3) is 19.6 Å². The molecule has 3 heterocycles. The van der Waals surface area contributed by atoms with Gasteiger partial charge in [0.2, 0.25) is 0 Å². The number of thioether (sulfide) groups is 2. The van der Waals surface area contributed by atoms with E-state index in [0.29, 0.717) is 0 Å². The molecule has 2 aromatic carbocycles. The molecular formula is C22H16N2O5S2Se2. The van der Waals surface area contributed by atoms with Gasteiger partial charge in [-0.2, -0.15) is 0 Å². The van der Waals surface area contributed by atoms with E-state index in [4.69, 9.17) is 9.47 Å². The van der Waals surface area contributed by atoms with Gasteiger partial charge in [-0.05, 0) is 0 Å². The van der Waals surface area contributed by atoms with Crippen molar-refractivity contribution in [1.82, 2.24) is 9.97 Å². The van der Waals surface area contributed by atoms with Crippen LogP contribution in [-0.4, -0.2) is 74.0 Å². The molecule has 1 aliphatic heterocycles. The fourth-order valence-electron chi connectivity index (χ4n) is 3.26. The van der Waals surface area contributed by atoms with E-state index in [2.05, 4.69) is 9.97 Å².